The molecule has 22 heavy (non-hydrogen) atoms. The lowest BCUT2D eigenvalue weighted by Gasteiger charge is -2.40. The highest BCUT2D eigenvalue weighted by Gasteiger charge is 2.26. The van der Waals surface area contributed by atoms with E-state index in [1.165, 1.54) is 38.5 Å². The predicted molar refractivity (Wildman–Crippen MR) is 89.8 cm³/mol. The molecular formula is C16H28N6. The van der Waals surface area contributed by atoms with Crippen LogP contribution in [0.25, 0.3) is 0 Å². The van der Waals surface area contributed by atoms with E-state index in [1.807, 2.05) is 7.05 Å². The van der Waals surface area contributed by atoms with Crippen LogP contribution in [-0.2, 0) is 6.54 Å². The molecule has 0 amide bonds. The van der Waals surface area contributed by atoms with Gasteiger partial charge in [-0.05, 0) is 19.9 Å². The number of likely N-dealkylation sites (N-methyl/N-ethyl adjacent to an activating group) is 1. The zero-order chi connectivity index (χ0) is 15.4. The fourth-order valence-corrected chi connectivity index (χ4v) is 3.34. The summed E-state index contributed by atoms with van der Waals surface area (Å²) in [5.74, 6) is 1.33. The van der Waals surface area contributed by atoms with Gasteiger partial charge < -0.3 is 21.3 Å². The first-order chi connectivity index (χ1) is 10.7. The third kappa shape index (κ3) is 3.87. The SMILES string of the molecule is CNC1CN(c2cc(CNC3CCCCCC3)nc(N)n2)C1. The Bertz CT molecular complexity index is 478. The summed E-state index contributed by atoms with van der Waals surface area (Å²) in [6.07, 6.45) is 8.00. The summed E-state index contributed by atoms with van der Waals surface area (Å²) in [6, 6.07) is 3.26. The molecule has 6 nitrogen and oxygen atoms in total. The Labute approximate surface area is 132 Å². The number of nitrogen functional groups attached to an aromatic ring is 1. The fraction of sp³-hybridized carbons (Fsp3) is 0.750. The fourth-order valence-electron chi connectivity index (χ4n) is 3.34. The van der Waals surface area contributed by atoms with E-state index in [9.17, 15) is 0 Å². The van der Waals surface area contributed by atoms with E-state index in [1.54, 1.807) is 0 Å². The molecule has 0 bridgehead atoms. The van der Waals surface area contributed by atoms with Crippen molar-refractivity contribution in [1.29, 1.82) is 0 Å². The molecule has 0 aromatic carbocycles. The van der Waals surface area contributed by atoms with Crippen molar-refractivity contribution in [3.8, 4) is 0 Å². The number of rotatable bonds is 5. The lowest BCUT2D eigenvalue weighted by Crippen LogP contribution is -2.57. The number of nitrogens with two attached hydrogens (primary N) is 1. The van der Waals surface area contributed by atoms with Crippen LogP contribution in [0.2, 0.25) is 0 Å². The number of nitrogens with zero attached hydrogens (tertiary/aromatic N) is 3. The number of nitrogens with one attached hydrogen (secondary N) is 2. The molecule has 2 fully saturated rings. The Balaban J connectivity index is 1.57. The van der Waals surface area contributed by atoms with Crippen LogP contribution in [0.1, 0.15) is 44.2 Å². The van der Waals surface area contributed by atoms with E-state index >= 15 is 0 Å². The van der Waals surface area contributed by atoms with Crippen molar-refractivity contribution in [1.82, 2.24) is 20.6 Å². The largest absolute Gasteiger partial charge is 0.368 e. The van der Waals surface area contributed by atoms with Crippen LogP contribution >= 0.6 is 0 Å². The molecule has 1 aliphatic carbocycles. The monoisotopic (exact) mass is 304 g/mol. The van der Waals surface area contributed by atoms with Crippen LogP contribution in [0.3, 0.4) is 0 Å². The van der Waals surface area contributed by atoms with Gasteiger partial charge in [0, 0.05) is 37.8 Å². The molecule has 6 heteroatoms. The quantitative estimate of drug-likeness (QED) is 0.711. The van der Waals surface area contributed by atoms with Gasteiger partial charge in [0.15, 0.2) is 0 Å². The first-order valence-electron chi connectivity index (χ1n) is 8.53. The van der Waals surface area contributed by atoms with Gasteiger partial charge in [-0.25, -0.2) is 4.98 Å². The summed E-state index contributed by atoms with van der Waals surface area (Å²) >= 11 is 0. The van der Waals surface area contributed by atoms with Gasteiger partial charge in [-0.15, -0.1) is 0 Å². The van der Waals surface area contributed by atoms with Crippen LogP contribution in [0, 0.1) is 0 Å². The Kier molecular flexibility index (Phi) is 5.10. The third-order valence-electron chi connectivity index (χ3n) is 4.82. The smallest absolute Gasteiger partial charge is 0.222 e. The molecule has 0 unspecified atom stereocenters. The summed E-state index contributed by atoms with van der Waals surface area (Å²) in [7, 11) is 2.00. The highest BCUT2D eigenvalue weighted by molar-refractivity contribution is 5.46. The van der Waals surface area contributed by atoms with Crippen molar-refractivity contribution in [2.24, 2.45) is 0 Å². The first-order valence-corrected chi connectivity index (χ1v) is 8.53. The predicted octanol–water partition coefficient (Wildman–Crippen LogP) is 1.28. The maximum Gasteiger partial charge on any atom is 0.222 e. The number of anilines is 2. The average Bonchev–Trinajstić information content (AvgIpc) is 2.72. The Morgan fingerprint density at radius 2 is 1.86 bits per heavy atom. The standard InChI is InChI=1S/C16H28N6/c1-18-14-10-22(11-14)15-8-13(20-16(17)21-15)9-19-12-6-4-2-3-5-7-12/h8,12,14,18-19H,2-7,9-11H2,1H3,(H2,17,20,21). The van der Waals surface area contributed by atoms with Gasteiger partial charge in [0.05, 0.1) is 5.69 Å². The Morgan fingerprint density at radius 3 is 2.55 bits per heavy atom. The molecule has 4 N–H and O–H groups in total. The highest BCUT2D eigenvalue weighted by atomic mass is 15.3. The molecule has 122 valence electrons. The van der Waals surface area contributed by atoms with Gasteiger partial charge in [-0.2, -0.15) is 4.98 Å². The Hall–Kier alpha value is -1.40. The molecule has 2 heterocycles. The zero-order valence-corrected chi connectivity index (χ0v) is 13.5. The van der Waals surface area contributed by atoms with E-state index in [0.29, 0.717) is 18.0 Å². The normalized spacial score (nSPS) is 20.7. The van der Waals surface area contributed by atoms with E-state index in [0.717, 1.165) is 31.1 Å². The van der Waals surface area contributed by atoms with Crippen molar-refractivity contribution >= 4 is 11.8 Å². The molecule has 1 saturated carbocycles. The minimum absolute atomic E-state index is 0.378. The minimum Gasteiger partial charge on any atom is -0.368 e. The van der Waals surface area contributed by atoms with Crippen molar-refractivity contribution in [2.45, 2.75) is 57.2 Å². The van der Waals surface area contributed by atoms with Crippen LogP contribution in [0.5, 0.6) is 0 Å². The van der Waals surface area contributed by atoms with Crippen molar-refractivity contribution in [3.05, 3.63) is 11.8 Å². The van der Waals surface area contributed by atoms with Gasteiger partial charge in [-0.1, -0.05) is 25.7 Å². The molecule has 1 aromatic heterocycles. The average molecular weight is 304 g/mol. The second-order valence-electron chi connectivity index (χ2n) is 6.54. The minimum atomic E-state index is 0.378. The highest BCUT2D eigenvalue weighted by Crippen LogP contribution is 2.21. The van der Waals surface area contributed by atoms with Crippen molar-refractivity contribution in [3.63, 3.8) is 0 Å². The number of aromatic nitrogens is 2. The number of hydrogen-bond donors (Lipinski definition) is 3. The van der Waals surface area contributed by atoms with Gasteiger partial charge in [-0.3, -0.25) is 0 Å². The summed E-state index contributed by atoms with van der Waals surface area (Å²) < 4.78 is 0. The lowest BCUT2D eigenvalue weighted by atomic mass is 10.1. The van der Waals surface area contributed by atoms with E-state index < -0.39 is 0 Å². The van der Waals surface area contributed by atoms with Crippen LogP contribution in [0.4, 0.5) is 11.8 Å². The topological polar surface area (TPSA) is 79.1 Å². The molecule has 2 aliphatic rings. The van der Waals surface area contributed by atoms with E-state index in [-0.39, 0.29) is 0 Å². The summed E-state index contributed by atoms with van der Waals surface area (Å²) in [5.41, 5.74) is 6.88. The molecule has 0 atom stereocenters. The number of hydrogen-bond acceptors (Lipinski definition) is 6. The zero-order valence-electron chi connectivity index (χ0n) is 13.5. The second kappa shape index (κ2) is 7.24. The lowest BCUT2D eigenvalue weighted by molar-refractivity contribution is 0.445. The van der Waals surface area contributed by atoms with E-state index in [4.69, 9.17) is 5.73 Å². The van der Waals surface area contributed by atoms with Crippen molar-refractivity contribution < 1.29 is 0 Å². The van der Waals surface area contributed by atoms with Crippen LogP contribution in [0.15, 0.2) is 6.07 Å². The van der Waals surface area contributed by atoms with Gasteiger partial charge in [0.2, 0.25) is 5.95 Å². The maximum absolute atomic E-state index is 5.88. The van der Waals surface area contributed by atoms with Crippen LogP contribution < -0.4 is 21.3 Å². The summed E-state index contributed by atoms with van der Waals surface area (Å²) in [4.78, 5) is 11.0. The molecule has 0 radical (unpaired) electrons. The first kappa shape index (κ1) is 15.5. The molecule has 0 spiro atoms. The molecule has 3 rings (SSSR count). The van der Waals surface area contributed by atoms with Gasteiger partial charge in [0.25, 0.3) is 0 Å². The molecular weight excluding hydrogens is 276 g/mol. The molecule has 1 aromatic rings. The summed E-state index contributed by atoms with van der Waals surface area (Å²) in [6.45, 7) is 2.76. The maximum atomic E-state index is 5.88. The third-order valence-corrected chi connectivity index (χ3v) is 4.82. The Morgan fingerprint density at radius 1 is 1.14 bits per heavy atom. The van der Waals surface area contributed by atoms with Crippen molar-refractivity contribution in [2.75, 3.05) is 30.8 Å². The molecule has 1 saturated heterocycles. The second-order valence-corrected chi connectivity index (χ2v) is 6.54. The van der Waals surface area contributed by atoms with Gasteiger partial charge >= 0.3 is 0 Å². The van der Waals surface area contributed by atoms with E-state index in [2.05, 4.69) is 31.6 Å². The summed E-state index contributed by atoms with van der Waals surface area (Å²) in [5, 5.41) is 6.93. The van der Waals surface area contributed by atoms with Crippen LogP contribution in [-0.4, -0.2) is 42.2 Å². The van der Waals surface area contributed by atoms with Gasteiger partial charge in [0.1, 0.15) is 5.82 Å². The molecule has 1 aliphatic heterocycles.